The molecule has 1 fully saturated rings. The van der Waals surface area contributed by atoms with Crippen molar-refractivity contribution in [3.8, 4) is 0 Å². The SMILES string of the molecule is CC1CCC(n2c(CCl)nc3cc(F)c(Cl)cc32)C1C. The minimum absolute atomic E-state index is 0.137. The zero-order valence-electron chi connectivity index (χ0n) is 11.5. The lowest BCUT2D eigenvalue weighted by Crippen LogP contribution is -2.16. The monoisotopic (exact) mass is 314 g/mol. The second-order valence-electron chi connectivity index (χ2n) is 5.77. The Kier molecular flexibility index (Phi) is 3.67. The van der Waals surface area contributed by atoms with Crippen molar-refractivity contribution in [1.29, 1.82) is 0 Å². The van der Waals surface area contributed by atoms with Gasteiger partial charge in [0.25, 0.3) is 0 Å². The van der Waals surface area contributed by atoms with Crippen LogP contribution in [0.4, 0.5) is 4.39 Å². The molecule has 0 aliphatic heterocycles. The minimum Gasteiger partial charge on any atom is -0.324 e. The summed E-state index contributed by atoms with van der Waals surface area (Å²) in [5, 5.41) is 0.137. The van der Waals surface area contributed by atoms with E-state index in [1.807, 2.05) is 0 Å². The van der Waals surface area contributed by atoms with Gasteiger partial charge in [-0.2, -0.15) is 0 Å². The lowest BCUT2D eigenvalue weighted by molar-refractivity contribution is 0.354. The molecule has 1 aromatic carbocycles. The lowest BCUT2D eigenvalue weighted by atomic mass is 9.97. The topological polar surface area (TPSA) is 17.8 Å². The van der Waals surface area contributed by atoms with E-state index in [1.54, 1.807) is 6.07 Å². The van der Waals surface area contributed by atoms with Crippen molar-refractivity contribution >= 4 is 34.2 Å². The number of hydrogen-bond donors (Lipinski definition) is 0. The van der Waals surface area contributed by atoms with E-state index in [2.05, 4.69) is 23.4 Å². The number of alkyl halides is 1. The molecule has 3 unspecified atom stereocenters. The average Bonchev–Trinajstić information content (AvgIpc) is 2.92. The summed E-state index contributed by atoms with van der Waals surface area (Å²) in [6.45, 7) is 4.54. The third-order valence-corrected chi connectivity index (χ3v) is 5.21. The highest BCUT2D eigenvalue weighted by Gasteiger charge is 2.33. The van der Waals surface area contributed by atoms with Gasteiger partial charge in [-0.3, -0.25) is 0 Å². The van der Waals surface area contributed by atoms with E-state index in [-0.39, 0.29) is 5.02 Å². The minimum atomic E-state index is -0.433. The van der Waals surface area contributed by atoms with E-state index in [1.165, 1.54) is 12.5 Å². The van der Waals surface area contributed by atoms with Crippen molar-refractivity contribution in [2.24, 2.45) is 11.8 Å². The van der Waals surface area contributed by atoms with Crippen LogP contribution in [-0.4, -0.2) is 9.55 Å². The summed E-state index contributed by atoms with van der Waals surface area (Å²) in [6, 6.07) is 3.43. The van der Waals surface area contributed by atoms with Crippen LogP contribution < -0.4 is 0 Å². The zero-order valence-corrected chi connectivity index (χ0v) is 13.0. The van der Waals surface area contributed by atoms with Crippen molar-refractivity contribution in [2.75, 3.05) is 0 Å². The fourth-order valence-corrected chi connectivity index (χ4v) is 3.65. The number of nitrogens with zero attached hydrogens (tertiary/aromatic N) is 2. The van der Waals surface area contributed by atoms with Crippen molar-refractivity contribution in [2.45, 2.75) is 38.6 Å². The smallest absolute Gasteiger partial charge is 0.144 e. The van der Waals surface area contributed by atoms with Crippen LogP contribution in [0.25, 0.3) is 11.0 Å². The third-order valence-electron chi connectivity index (χ3n) is 4.68. The highest BCUT2D eigenvalue weighted by Crippen LogP contribution is 2.42. The molecule has 0 amide bonds. The van der Waals surface area contributed by atoms with E-state index < -0.39 is 5.82 Å². The first-order valence-corrected chi connectivity index (χ1v) is 7.86. The van der Waals surface area contributed by atoms with Crippen LogP contribution in [0, 0.1) is 17.7 Å². The molecule has 5 heteroatoms. The Labute approximate surface area is 127 Å². The maximum atomic E-state index is 13.6. The molecule has 20 heavy (non-hydrogen) atoms. The number of hydrogen-bond acceptors (Lipinski definition) is 1. The van der Waals surface area contributed by atoms with E-state index in [4.69, 9.17) is 23.2 Å². The molecule has 2 aromatic rings. The number of benzene rings is 1. The summed E-state index contributed by atoms with van der Waals surface area (Å²) in [7, 11) is 0. The van der Waals surface area contributed by atoms with Gasteiger partial charge in [0.2, 0.25) is 0 Å². The molecular formula is C15H17Cl2FN2. The van der Waals surface area contributed by atoms with Crippen LogP contribution in [0.5, 0.6) is 0 Å². The van der Waals surface area contributed by atoms with Crippen molar-refractivity contribution in [3.63, 3.8) is 0 Å². The van der Waals surface area contributed by atoms with Crippen LogP contribution >= 0.6 is 23.2 Å². The molecule has 3 rings (SSSR count). The lowest BCUT2D eigenvalue weighted by Gasteiger charge is -2.22. The van der Waals surface area contributed by atoms with Gasteiger partial charge in [0.05, 0.1) is 21.9 Å². The second-order valence-corrected chi connectivity index (χ2v) is 6.44. The maximum absolute atomic E-state index is 13.6. The molecule has 1 aromatic heterocycles. The average molecular weight is 315 g/mol. The molecular weight excluding hydrogens is 298 g/mol. The Balaban J connectivity index is 2.20. The van der Waals surface area contributed by atoms with E-state index in [9.17, 15) is 4.39 Å². The summed E-state index contributed by atoms with van der Waals surface area (Å²) < 4.78 is 15.8. The Bertz CT molecular complexity index is 653. The van der Waals surface area contributed by atoms with Gasteiger partial charge in [-0.15, -0.1) is 11.6 Å². The van der Waals surface area contributed by atoms with Crippen LogP contribution in [0.1, 0.15) is 38.6 Å². The predicted octanol–water partition coefficient (Wildman–Crippen LogP) is 5.17. The fraction of sp³-hybridized carbons (Fsp3) is 0.533. The molecule has 1 aliphatic rings. The van der Waals surface area contributed by atoms with Crippen LogP contribution in [0.2, 0.25) is 5.02 Å². The van der Waals surface area contributed by atoms with Gasteiger partial charge in [-0.25, -0.2) is 9.37 Å². The largest absolute Gasteiger partial charge is 0.324 e. The quantitative estimate of drug-likeness (QED) is 0.699. The number of imidazole rings is 1. The number of halogens is 3. The van der Waals surface area contributed by atoms with Gasteiger partial charge in [0.1, 0.15) is 11.6 Å². The van der Waals surface area contributed by atoms with Gasteiger partial charge in [0.15, 0.2) is 0 Å². The normalized spacial score (nSPS) is 26.6. The Morgan fingerprint density at radius 2 is 2.10 bits per heavy atom. The highest BCUT2D eigenvalue weighted by atomic mass is 35.5. The predicted molar refractivity (Wildman–Crippen MR) is 80.9 cm³/mol. The van der Waals surface area contributed by atoms with Crippen LogP contribution in [0.3, 0.4) is 0 Å². The number of rotatable bonds is 2. The second kappa shape index (κ2) is 5.19. The summed E-state index contributed by atoms with van der Waals surface area (Å²) in [6.07, 6.45) is 2.30. The molecule has 0 spiro atoms. The molecule has 0 radical (unpaired) electrons. The molecule has 2 nitrogen and oxygen atoms in total. The summed E-state index contributed by atoms with van der Waals surface area (Å²) in [5.41, 5.74) is 1.52. The van der Waals surface area contributed by atoms with Gasteiger partial charge in [-0.05, 0) is 30.7 Å². The van der Waals surface area contributed by atoms with Gasteiger partial charge in [0, 0.05) is 12.1 Å². The maximum Gasteiger partial charge on any atom is 0.144 e. The molecule has 0 saturated heterocycles. The fourth-order valence-electron chi connectivity index (χ4n) is 3.31. The van der Waals surface area contributed by atoms with Crippen molar-refractivity contribution < 1.29 is 4.39 Å². The molecule has 1 heterocycles. The summed E-state index contributed by atoms with van der Waals surface area (Å²) in [4.78, 5) is 4.47. The van der Waals surface area contributed by atoms with E-state index in [0.29, 0.717) is 29.3 Å². The first kappa shape index (κ1) is 14.2. The van der Waals surface area contributed by atoms with Gasteiger partial charge >= 0.3 is 0 Å². The molecule has 1 aliphatic carbocycles. The molecule has 3 atom stereocenters. The molecule has 108 valence electrons. The van der Waals surface area contributed by atoms with Crippen molar-refractivity contribution in [3.05, 3.63) is 28.8 Å². The van der Waals surface area contributed by atoms with Crippen molar-refractivity contribution in [1.82, 2.24) is 9.55 Å². The summed E-state index contributed by atoms with van der Waals surface area (Å²) in [5.74, 6) is 1.92. The Morgan fingerprint density at radius 3 is 2.70 bits per heavy atom. The first-order chi connectivity index (χ1) is 9.52. The number of fused-ring (bicyclic) bond motifs is 1. The summed E-state index contributed by atoms with van der Waals surface area (Å²) >= 11 is 12.0. The molecule has 0 bridgehead atoms. The zero-order chi connectivity index (χ0) is 14.4. The van der Waals surface area contributed by atoms with Gasteiger partial charge in [-0.1, -0.05) is 25.4 Å². The standard InChI is InChI=1S/C15H17Cl2FN2/c1-8-3-4-13(9(8)2)20-14-5-10(17)11(18)6-12(14)19-15(20)7-16/h5-6,8-9,13H,3-4,7H2,1-2H3. The van der Waals surface area contributed by atoms with E-state index in [0.717, 1.165) is 17.8 Å². The van der Waals surface area contributed by atoms with E-state index >= 15 is 0 Å². The number of aromatic nitrogens is 2. The Hall–Kier alpha value is -0.800. The Morgan fingerprint density at radius 1 is 1.35 bits per heavy atom. The third kappa shape index (κ3) is 2.11. The highest BCUT2D eigenvalue weighted by molar-refractivity contribution is 6.31. The molecule has 0 N–H and O–H groups in total. The molecule has 1 saturated carbocycles. The van der Waals surface area contributed by atoms with Gasteiger partial charge < -0.3 is 4.57 Å². The first-order valence-electron chi connectivity index (χ1n) is 6.94. The van der Waals surface area contributed by atoms with Crippen LogP contribution in [-0.2, 0) is 5.88 Å². The van der Waals surface area contributed by atoms with Crippen LogP contribution in [0.15, 0.2) is 12.1 Å².